The molecular weight excluding hydrogens is 438 g/mol. The van der Waals surface area contributed by atoms with Crippen LogP contribution in [0.5, 0.6) is 0 Å². The van der Waals surface area contributed by atoms with Crippen LogP contribution < -0.4 is 10.0 Å². The molecule has 180 valence electrons. The molecule has 2 aliphatic carbocycles. The van der Waals surface area contributed by atoms with E-state index < -0.39 is 61.9 Å². The molecule has 0 aromatic heterocycles. The van der Waals surface area contributed by atoms with Crippen molar-refractivity contribution in [2.45, 2.75) is 87.8 Å². The molecule has 32 heavy (non-hydrogen) atoms. The Morgan fingerprint density at radius 2 is 1.91 bits per heavy atom. The summed E-state index contributed by atoms with van der Waals surface area (Å²) in [6, 6.07) is -1.04. The molecule has 3 rings (SSSR count). The van der Waals surface area contributed by atoms with Gasteiger partial charge in [0, 0.05) is 12.3 Å². The highest BCUT2D eigenvalue weighted by molar-refractivity contribution is 7.91. The predicted molar refractivity (Wildman–Crippen MR) is 116 cm³/mol. The number of carbonyl (C=O) groups is 3. The SMILES string of the molecule is C=C[C@@H]1C[C@]1(NC(=O)[C@@H]1C[C@@H](O)CN1C(=O)OC(C)(C)C)C(=O)NS(=O)(=O)C1(CC)CC1. The number of nitrogens with zero attached hydrogens (tertiary/aromatic N) is 1. The fraction of sp³-hybridized carbons (Fsp3) is 0.762. The molecule has 3 fully saturated rings. The topological polar surface area (TPSA) is 142 Å². The third kappa shape index (κ3) is 4.50. The van der Waals surface area contributed by atoms with Crippen LogP contribution in [0.3, 0.4) is 0 Å². The monoisotopic (exact) mass is 471 g/mol. The zero-order valence-electron chi connectivity index (χ0n) is 19.0. The fourth-order valence-corrected chi connectivity index (χ4v) is 5.86. The molecule has 3 aliphatic rings. The standard InChI is InChI=1S/C21H33N3O7S/c1-6-13-11-21(13,17(27)23-32(29,30)20(7-2)8-9-20)22-16(26)15-10-14(25)12-24(15)18(28)31-19(3,4)5/h6,13-15,25H,1,7-12H2,2-5H3,(H,22,26)(H,23,27)/t13-,14-,15+,21-/m1/s1. The second-order valence-electron chi connectivity index (χ2n) is 10.0. The molecule has 0 spiro atoms. The average molecular weight is 472 g/mol. The van der Waals surface area contributed by atoms with E-state index >= 15 is 0 Å². The molecule has 11 heteroatoms. The zero-order chi connectivity index (χ0) is 24.1. The third-order valence-corrected chi connectivity index (χ3v) is 8.80. The molecule has 2 saturated carbocycles. The third-order valence-electron chi connectivity index (χ3n) is 6.51. The Labute approximate surface area is 188 Å². The predicted octanol–water partition coefficient (Wildman–Crippen LogP) is 0.806. The van der Waals surface area contributed by atoms with Crippen molar-refractivity contribution < 1.29 is 32.6 Å². The molecule has 3 amide bonds. The lowest BCUT2D eigenvalue weighted by Crippen LogP contribution is -2.57. The van der Waals surface area contributed by atoms with E-state index in [0.29, 0.717) is 19.3 Å². The van der Waals surface area contributed by atoms with Crippen molar-refractivity contribution >= 4 is 27.9 Å². The molecule has 0 radical (unpaired) electrons. The first-order valence-corrected chi connectivity index (χ1v) is 12.4. The van der Waals surface area contributed by atoms with Gasteiger partial charge in [0.1, 0.15) is 17.2 Å². The number of nitrogens with one attached hydrogen (secondary N) is 2. The highest BCUT2D eigenvalue weighted by Crippen LogP contribution is 2.48. The Morgan fingerprint density at radius 1 is 1.28 bits per heavy atom. The number of sulfonamides is 1. The first kappa shape index (κ1) is 24.5. The molecule has 3 N–H and O–H groups in total. The van der Waals surface area contributed by atoms with Crippen molar-refractivity contribution in [1.29, 1.82) is 0 Å². The lowest BCUT2D eigenvalue weighted by Gasteiger charge is -2.29. The van der Waals surface area contributed by atoms with Gasteiger partial charge in [0.15, 0.2) is 0 Å². The van der Waals surface area contributed by atoms with Crippen molar-refractivity contribution in [3.8, 4) is 0 Å². The maximum Gasteiger partial charge on any atom is 0.411 e. The number of rotatable bonds is 7. The number of hydrogen-bond acceptors (Lipinski definition) is 7. The number of aliphatic hydroxyl groups is 1. The van der Waals surface area contributed by atoms with Gasteiger partial charge in [-0.1, -0.05) is 13.0 Å². The van der Waals surface area contributed by atoms with Crippen molar-refractivity contribution in [3.05, 3.63) is 12.7 Å². The summed E-state index contributed by atoms with van der Waals surface area (Å²) in [5.41, 5.74) is -2.24. The van der Waals surface area contributed by atoms with Crippen LogP contribution in [0.25, 0.3) is 0 Å². The van der Waals surface area contributed by atoms with Crippen LogP contribution in [0.4, 0.5) is 4.79 Å². The Morgan fingerprint density at radius 3 is 2.38 bits per heavy atom. The number of hydrogen-bond donors (Lipinski definition) is 3. The molecule has 1 aliphatic heterocycles. The summed E-state index contributed by atoms with van der Waals surface area (Å²) in [6.45, 7) is 10.4. The quantitative estimate of drug-likeness (QED) is 0.466. The maximum absolute atomic E-state index is 13.1. The van der Waals surface area contributed by atoms with E-state index in [-0.39, 0.29) is 19.4 Å². The van der Waals surface area contributed by atoms with Crippen molar-refractivity contribution in [1.82, 2.24) is 14.9 Å². The van der Waals surface area contributed by atoms with Gasteiger partial charge in [0.05, 0.1) is 17.4 Å². The van der Waals surface area contributed by atoms with E-state index in [4.69, 9.17) is 4.74 Å². The highest BCUT2D eigenvalue weighted by Gasteiger charge is 2.63. The van der Waals surface area contributed by atoms with Crippen molar-refractivity contribution in [2.75, 3.05) is 6.54 Å². The van der Waals surface area contributed by atoms with Crippen LogP contribution in [0, 0.1) is 5.92 Å². The van der Waals surface area contributed by atoms with Gasteiger partial charge in [-0.3, -0.25) is 19.2 Å². The van der Waals surface area contributed by atoms with E-state index in [1.807, 2.05) is 0 Å². The van der Waals surface area contributed by atoms with Crippen molar-refractivity contribution in [3.63, 3.8) is 0 Å². The Hall–Kier alpha value is -2.14. The Bertz CT molecular complexity index is 922. The lowest BCUT2D eigenvalue weighted by atomic mass is 10.1. The highest BCUT2D eigenvalue weighted by atomic mass is 32.2. The molecule has 0 aromatic rings. The number of ether oxygens (including phenoxy) is 1. The normalized spacial score (nSPS) is 30.9. The molecule has 10 nitrogen and oxygen atoms in total. The van der Waals surface area contributed by atoms with Gasteiger partial charge in [-0.2, -0.15) is 0 Å². The largest absolute Gasteiger partial charge is 0.444 e. The molecule has 4 atom stereocenters. The summed E-state index contributed by atoms with van der Waals surface area (Å²) in [5.74, 6) is -1.90. The lowest BCUT2D eigenvalue weighted by molar-refractivity contribution is -0.131. The van der Waals surface area contributed by atoms with Gasteiger partial charge >= 0.3 is 6.09 Å². The average Bonchev–Trinajstić information content (AvgIpc) is 3.56. The second-order valence-corrected chi connectivity index (χ2v) is 12.1. The van der Waals surface area contributed by atoms with Crippen LogP contribution in [0.1, 0.15) is 59.8 Å². The summed E-state index contributed by atoms with van der Waals surface area (Å²) < 4.78 is 32.0. The minimum Gasteiger partial charge on any atom is -0.444 e. The molecule has 0 bridgehead atoms. The number of amides is 3. The molecule has 1 saturated heterocycles. The number of aliphatic hydroxyl groups excluding tert-OH is 1. The molecule has 1 heterocycles. The first-order chi connectivity index (χ1) is 14.7. The van der Waals surface area contributed by atoms with Crippen LogP contribution in [-0.4, -0.2) is 70.9 Å². The first-order valence-electron chi connectivity index (χ1n) is 10.9. The minimum atomic E-state index is -3.89. The van der Waals surface area contributed by atoms with Crippen molar-refractivity contribution in [2.24, 2.45) is 5.92 Å². The van der Waals surface area contributed by atoms with Gasteiger partial charge in [-0.15, -0.1) is 6.58 Å². The van der Waals surface area contributed by atoms with E-state index in [0.717, 1.165) is 4.90 Å². The van der Waals surface area contributed by atoms with Gasteiger partial charge in [-0.25, -0.2) is 13.2 Å². The maximum atomic E-state index is 13.1. The van der Waals surface area contributed by atoms with Crippen LogP contribution >= 0.6 is 0 Å². The number of likely N-dealkylation sites (tertiary alicyclic amines) is 1. The van der Waals surface area contributed by atoms with E-state index in [1.54, 1.807) is 27.7 Å². The fourth-order valence-electron chi connectivity index (χ4n) is 4.19. The zero-order valence-corrected chi connectivity index (χ0v) is 19.8. The Kier molecular flexibility index (Phi) is 6.14. The van der Waals surface area contributed by atoms with E-state index in [1.165, 1.54) is 6.08 Å². The Balaban J connectivity index is 1.75. The van der Waals surface area contributed by atoms with Gasteiger partial charge < -0.3 is 15.2 Å². The van der Waals surface area contributed by atoms with Gasteiger partial charge in [0.25, 0.3) is 5.91 Å². The second kappa shape index (κ2) is 8.02. The summed E-state index contributed by atoms with van der Waals surface area (Å²) in [5, 5.41) is 12.7. The molecule has 0 unspecified atom stereocenters. The van der Waals surface area contributed by atoms with Crippen LogP contribution in [-0.2, 0) is 24.3 Å². The van der Waals surface area contributed by atoms with Gasteiger partial charge in [-0.05, 0) is 46.5 Å². The minimum absolute atomic E-state index is 0.0151. The van der Waals surface area contributed by atoms with Crippen LogP contribution in [0.2, 0.25) is 0 Å². The van der Waals surface area contributed by atoms with E-state index in [2.05, 4.69) is 16.6 Å². The summed E-state index contributed by atoms with van der Waals surface area (Å²) in [7, 11) is -3.89. The van der Waals surface area contributed by atoms with Gasteiger partial charge in [0.2, 0.25) is 15.9 Å². The summed E-state index contributed by atoms with van der Waals surface area (Å²) in [4.78, 5) is 39.8. The number of β-amino-alcohol motifs (C(OH)–C–C–N with tert-alkyl or cyclic N) is 1. The van der Waals surface area contributed by atoms with Crippen LogP contribution in [0.15, 0.2) is 12.7 Å². The molecular formula is C21H33N3O7S. The smallest absolute Gasteiger partial charge is 0.411 e. The summed E-state index contributed by atoms with van der Waals surface area (Å²) >= 11 is 0. The summed E-state index contributed by atoms with van der Waals surface area (Å²) in [6.07, 6.45) is 1.38. The molecule has 0 aromatic carbocycles. The van der Waals surface area contributed by atoms with E-state index in [9.17, 15) is 27.9 Å². The number of carbonyl (C=O) groups excluding carboxylic acids is 3.